The Labute approximate surface area is 227 Å². The van der Waals surface area contributed by atoms with Gasteiger partial charge in [-0.3, -0.25) is 0 Å². The van der Waals surface area contributed by atoms with E-state index in [1.807, 2.05) is 36.4 Å². The molecule has 2 aliphatic heterocycles. The van der Waals surface area contributed by atoms with E-state index in [4.69, 9.17) is 44.3 Å². The third kappa shape index (κ3) is 6.24. The molecule has 2 aliphatic rings. The van der Waals surface area contributed by atoms with Crippen LogP contribution in [-0.4, -0.2) is 53.8 Å². The van der Waals surface area contributed by atoms with Crippen LogP contribution in [0.25, 0.3) is 11.1 Å². The normalized spacial score (nSPS) is 17.9. The highest BCUT2D eigenvalue weighted by atomic mass is 35.6. The first-order chi connectivity index (χ1) is 16.7. The Hall–Kier alpha value is -1.67. The molecule has 6 nitrogen and oxygen atoms in total. The van der Waals surface area contributed by atoms with Gasteiger partial charge in [0.2, 0.25) is 3.79 Å². The molecule has 10 heteroatoms. The van der Waals surface area contributed by atoms with E-state index in [1.165, 1.54) is 6.26 Å². The van der Waals surface area contributed by atoms with E-state index in [0.29, 0.717) is 25.9 Å². The number of carbonyl (C=O) groups excluding carboxylic acids is 1. The van der Waals surface area contributed by atoms with Crippen LogP contribution in [0.2, 0.25) is 0 Å². The summed E-state index contributed by atoms with van der Waals surface area (Å²) in [6.45, 7) is 4.15. The Morgan fingerprint density at radius 3 is 2.22 bits per heavy atom. The molecule has 36 heavy (non-hydrogen) atoms. The van der Waals surface area contributed by atoms with E-state index in [9.17, 15) is 13.2 Å². The fraction of sp³-hybridized carbons (Fsp3) is 0.500. The van der Waals surface area contributed by atoms with Crippen molar-refractivity contribution in [3.05, 3.63) is 53.6 Å². The number of likely N-dealkylation sites (tertiary alicyclic amines) is 1. The van der Waals surface area contributed by atoms with Gasteiger partial charge in [-0.25, -0.2) is 13.2 Å². The molecule has 196 valence electrons. The van der Waals surface area contributed by atoms with Crippen molar-refractivity contribution in [2.45, 2.75) is 60.3 Å². The minimum absolute atomic E-state index is 0.0349. The zero-order valence-electron chi connectivity index (χ0n) is 20.5. The Bertz CT molecular complexity index is 1230. The summed E-state index contributed by atoms with van der Waals surface area (Å²) in [7, 11) is -3.06. The van der Waals surface area contributed by atoms with E-state index < -0.39 is 25.3 Å². The van der Waals surface area contributed by atoms with Crippen LogP contribution in [0.1, 0.15) is 44.2 Å². The second-order valence-corrected chi connectivity index (χ2v) is 14.7. The lowest BCUT2D eigenvalue weighted by Crippen LogP contribution is -2.53. The minimum atomic E-state index is -3.06. The number of amides is 1. The number of hydrogen-bond acceptors (Lipinski definition) is 5. The van der Waals surface area contributed by atoms with Gasteiger partial charge in [-0.05, 0) is 61.1 Å². The van der Waals surface area contributed by atoms with Crippen LogP contribution in [0.5, 0.6) is 5.75 Å². The summed E-state index contributed by atoms with van der Waals surface area (Å²) in [5.41, 5.74) is 2.44. The number of nitrogens with zero attached hydrogens (tertiary/aromatic N) is 1. The lowest BCUT2D eigenvalue weighted by Gasteiger charge is -2.45. The second-order valence-electron chi connectivity index (χ2n) is 10.2. The van der Waals surface area contributed by atoms with Crippen molar-refractivity contribution < 1.29 is 22.7 Å². The van der Waals surface area contributed by atoms with E-state index >= 15 is 0 Å². The van der Waals surface area contributed by atoms with Crippen molar-refractivity contribution in [3.8, 4) is 16.9 Å². The number of ether oxygens (including phenoxy) is 2. The van der Waals surface area contributed by atoms with E-state index in [-0.39, 0.29) is 11.4 Å². The average Bonchev–Trinajstić information content (AvgIpc) is 2.78. The highest BCUT2D eigenvalue weighted by Crippen LogP contribution is 2.43. The molecule has 1 saturated heterocycles. The third-order valence-electron chi connectivity index (χ3n) is 6.91. The largest absolute Gasteiger partial charge is 0.487 e. The van der Waals surface area contributed by atoms with E-state index in [1.54, 1.807) is 18.7 Å². The van der Waals surface area contributed by atoms with Crippen molar-refractivity contribution in [1.29, 1.82) is 0 Å². The van der Waals surface area contributed by atoms with Crippen molar-refractivity contribution in [2.24, 2.45) is 0 Å². The summed E-state index contributed by atoms with van der Waals surface area (Å²) < 4.78 is 33.3. The van der Waals surface area contributed by atoms with Gasteiger partial charge in [-0.2, -0.15) is 0 Å². The molecular formula is C26H30Cl3NO5S. The summed E-state index contributed by atoms with van der Waals surface area (Å²) in [5, 5.41) is 0. The van der Waals surface area contributed by atoms with Crippen LogP contribution >= 0.6 is 34.8 Å². The van der Waals surface area contributed by atoms with Gasteiger partial charge < -0.3 is 14.4 Å². The molecule has 1 fully saturated rings. The summed E-state index contributed by atoms with van der Waals surface area (Å²) in [6.07, 6.45) is 3.86. The van der Waals surface area contributed by atoms with Gasteiger partial charge in [-0.15, -0.1) is 0 Å². The molecule has 1 spiro atoms. The van der Waals surface area contributed by atoms with Gasteiger partial charge in [0.1, 0.15) is 11.4 Å². The number of sulfone groups is 1. The van der Waals surface area contributed by atoms with Gasteiger partial charge >= 0.3 is 6.09 Å². The van der Waals surface area contributed by atoms with Crippen LogP contribution in [0, 0.1) is 0 Å². The van der Waals surface area contributed by atoms with Gasteiger partial charge in [0.25, 0.3) is 0 Å². The number of aryl methyl sites for hydroxylation is 1. The predicted octanol–water partition coefficient (Wildman–Crippen LogP) is 6.34. The Morgan fingerprint density at radius 2 is 1.64 bits per heavy atom. The number of piperidine rings is 1. The monoisotopic (exact) mass is 573 g/mol. The molecule has 0 aromatic heterocycles. The summed E-state index contributed by atoms with van der Waals surface area (Å²) in [6, 6.07) is 13.8. The molecule has 0 unspecified atom stereocenters. The number of benzene rings is 2. The zero-order valence-corrected chi connectivity index (χ0v) is 23.6. The minimum Gasteiger partial charge on any atom is -0.487 e. The number of halogens is 3. The molecule has 0 bridgehead atoms. The van der Waals surface area contributed by atoms with Gasteiger partial charge in [0.15, 0.2) is 15.4 Å². The highest BCUT2D eigenvalue weighted by Gasteiger charge is 2.46. The Balaban J connectivity index is 1.39. The maximum absolute atomic E-state index is 12.6. The van der Waals surface area contributed by atoms with Gasteiger partial charge in [-0.1, -0.05) is 65.1 Å². The number of hydrogen-bond donors (Lipinski definition) is 0. The average molecular weight is 575 g/mol. The van der Waals surface area contributed by atoms with Crippen LogP contribution in [0.4, 0.5) is 4.79 Å². The Kier molecular flexibility index (Phi) is 7.52. The molecule has 4 rings (SSSR count). The lowest BCUT2D eigenvalue weighted by atomic mass is 9.82. The van der Waals surface area contributed by atoms with Crippen LogP contribution in [0.15, 0.2) is 42.5 Å². The molecular weight excluding hydrogens is 545 g/mol. The molecule has 0 atom stereocenters. The predicted molar refractivity (Wildman–Crippen MR) is 144 cm³/mol. The molecule has 0 radical (unpaired) electrons. The van der Waals surface area contributed by atoms with Crippen LogP contribution in [-0.2, 0) is 26.7 Å². The van der Waals surface area contributed by atoms with Crippen molar-refractivity contribution in [2.75, 3.05) is 19.3 Å². The molecule has 0 aliphatic carbocycles. The summed E-state index contributed by atoms with van der Waals surface area (Å²) in [4.78, 5) is 14.3. The highest BCUT2D eigenvalue weighted by molar-refractivity contribution is 7.89. The third-order valence-corrected chi connectivity index (χ3v) is 9.13. The summed E-state index contributed by atoms with van der Waals surface area (Å²) in [5.74, 6) is 0.903. The van der Waals surface area contributed by atoms with Crippen molar-refractivity contribution >= 4 is 50.7 Å². The fourth-order valence-electron chi connectivity index (χ4n) is 4.59. The Morgan fingerprint density at radius 1 is 1.03 bits per heavy atom. The lowest BCUT2D eigenvalue weighted by molar-refractivity contribution is -0.0299. The van der Waals surface area contributed by atoms with Crippen LogP contribution < -0.4 is 4.74 Å². The maximum Gasteiger partial charge on any atom is 0.410 e. The first-order valence-corrected chi connectivity index (χ1v) is 15.0. The fourth-order valence-corrected chi connectivity index (χ4v) is 5.50. The van der Waals surface area contributed by atoms with Crippen molar-refractivity contribution in [3.63, 3.8) is 0 Å². The molecule has 2 heterocycles. The topological polar surface area (TPSA) is 72.9 Å². The smallest absolute Gasteiger partial charge is 0.410 e. The van der Waals surface area contributed by atoms with Crippen molar-refractivity contribution in [1.82, 2.24) is 4.90 Å². The SMILES string of the molecule is CC(C)(OC(=O)N1CCC2(CCc3cc(-c4ccc(CS(C)(=O)=O)cc4)ccc3O2)CC1)C(Cl)(Cl)Cl. The van der Waals surface area contributed by atoms with E-state index in [2.05, 4.69) is 6.07 Å². The van der Waals surface area contributed by atoms with Crippen LogP contribution in [0.3, 0.4) is 0 Å². The summed E-state index contributed by atoms with van der Waals surface area (Å²) >= 11 is 17.8. The number of rotatable bonds is 4. The molecule has 2 aromatic rings. The molecule has 1 amide bonds. The zero-order chi connectivity index (χ0) is 26.4. The standard InChI is InChI=1S/C26H30Cl3NO5S/c1-24(2,26(27,28)29)35-23(31)30-14-12-25(13-15-30)11-10-21-16-20(8-9-22(21)34-25)19-6-4-18(5-7-19)17-36(3,32)33/h4-9,16H,10-15,17H2,1-3H3. The first-order valence-electron chi connectivity index (χ1n) is 11.8. The van der Waals surface area contributed by atoms with Gasteiger partial charge in [0.05, 0.1) is 5.75 Å². The molecule has 0 N–H and O–H groups in total. The first kappa shape index (κ1) is 27.4. The van der Waals surface area contributed by atoms with E-state index in [0.717, 1.165) is 40.8 Å². The van der Waals surface area contributed by atoms with Gasteiger partial charge in [0, 0.05) is 32.2 Å². The molecule has 0 saturated carbocycles. The quantitative estimate of drug-likeness (QED) is 0.398. The maximum atomic E-state index is 12.6. The number of fused-ring (bicyclic) bond motifs is 1. The molecule has 2 aromatic carbocycles. The second kappa shape index (κ2) is 9.90. The number of carbonyl (C=O) groups is 1. The number of alkyl halides is 3.